The van der Waals surface area contributed by atoms with E-state index in [-0.39, 0.29) is 18.0 Å². The van der Waals surface area contributed by atoms with Crippen molar-refractivity contribution >= 4 is 17.5 Å². The topological polar surface area (TPSA) is 114 Å². The van der Waals surface area contributed by atoms with Crippen LogP contribution in [-0.2, 0) is 0 Å². The van der Waals surface area contributed by atoms with E-state index in [1.807, 2.05) is 19.1 Å². The van der Waals surface area contributed by atoms with Gasteiger partial charge >= 0.3 is 0 Å². The Morgan fingerprint density at radius 3 is 2.70 bits per heavy atom. The molecule has 2 heterocycles. The first-order chi connectivity index (χ1) is 14.3. The Bertz CT molecular complexity index is 960. The number of amides is 1. The number of methoxy groups -OCH3 is 1. The smallest absolute Gasteiger partial charge is 0.248 e. The lowest BCUT2D eigenvalue weighted by Gasteiger charge is -2.48. The molecule has 0 bridgehead atoms. The van der Waals surface area contributed by atoms with Crippen molar-refractivity contribution in [3.8, 4) is 5.75 Å². The number of ether oxygens (including phenoxy) is 1. The highest BCUT2D eigenvalue weighted by atomic mass is 16.5. The zero-order valence-corrected chi connectivity index (χ0v) is 17.8. The van der Waals surface area contributed by atoms with Crippen LogP contribution in [0.3, 0.4) is 0 Å². The van der Waals surface area contributed by atoms with Gasteiger partial charge in [0.2, 0.25) is 11.9 Å². The molecule has 4 rings (SSSR count). The molecule has 8 heteroatoms. The number of nitrogens with zero attached hydrogens (tertiary/aromatic N) is 3. The summed E-state index contributed by atoms with van der Waals surface area (Å²) in [5.41, 5.74) is 8.56. The third-order valence-corrected chi connectivity index (χ3v) is 6.26. The summed E-state index contributed by atoms with van der Waals surface area (Å²) in [6, 6.07) is 5.47. The number of nitrogens with one attached hydrogen (secondary N) is 1. The van der Waals surface area contributed by atoms with Crippen molar-refractivity contribution in [1.29, 1.82) is 0 Å². The number of aliphatic hydroxyl groups is 1. The first-order valence-electron chi connectivity index (χ1n) is 10.4. The standard InChI is InChI=1S/C22H29N5O3/c1-11-19(26-22-24-10-18(30-4)12(2)25-22)16-9-15(21(23)29)7-8-17(16)27(13(3)28)20(11)14-5-6-14/h7-11,13-14,19-20,28H,5-6H2,1-4H3,(H2,23,29)(H,24,25,26)/t11-,13?,19-,20-/m1/s1. The van der Waals surface area contributed by atoms with Crippen LogP contribution in [0.25, 0.3) is 0 Å². The van der Waals surface area contributed by atoms with Gasteiger partial charge < -0.3 is 25.8 Å². The minimum absolute atomic E-state index is 0.132. The van der Waals surface area contributed by atoms with Crippen LogP contribution in [0.15, 0.2) is 24.4 Å². The highest BCUT2D eigenvalue weighted by Gasteiger charge is 2.47. The maximum atomic E-state index is 11.8. The SMILES string of the molecule is COc1cnc(N[C@H]2c3cc(C(N)=O)ccc3N(C(C)O)[C@@H](C3CC3)[C@@H]2C)nc1C. The van der Waals surface area contributed by atoms with Crippen molar-refractivity contribution in [2.45, 2.75) is 51.9 Å². The molecule has 8 nitrogen and oxygen atoms in total. The molecule has 1 saturated carbocycles. The molecular weight excluding hydrogens is 382 g/mol. The Morgan fingerprint density at radius 1 is 1.40 bits per heavy atom. The Balaban J connectivity index is 1.80. The number of aliphatic hydroxyl groups excluding tert-OH is 1. The van der Waals surface area contributed by atoms with Crippen molar-refractivity contribution in [3.05, 3.63) is 41.2 Å². The number of benzene rings is 1. The lowest BCUT2D eigenvalue weighted by atomic mass is 9.79. The molecule has 1 aliphatic heterocycles. The van der Waals surface area contributed by atoms with Gasteiger partial charge in [-0.25, -0.2) is 9.97 Å². The van der Waals surface area contributed by atoms with Crippen molar-refractivity contribution in [2.24, 2.45) is 17.6 Å². The number of rotatable bonds is 6. The number of aryl methyl sites for hydroxylation is 1. The van der Waals surface area contributed by atoms with E-state index in [2.05, 4.69) is 27.1 Å². The van der Waals surface area contributed by atoms with E-state index in [9.17, 15) is 9.90 Å². The van der Waals surface area contributed by atoms with Crippen molar-refractivity contribution in [3.63, 3.8) is 0 Å². The zero-order valence-electron chi connectivity index (χ0n) is 17.8. The minimum Gasteiger partial charge on any atom is -0.493 e. The first-order valence-corrected chi connectivity index (χ1v) is 10.4. The number of carbonyl (C=O) groups is 1. The molecule has 0 radical (unpaired) electrons. The lowest BCUT2D eigenvalue weighted by Crippen LogP contribution is -2.53. The van der Waals surface area contributed by atoms with Crippen LogP contribution in [-0.4, -0.2) is 40.4 Å². The van der Waals surface area contributed by atoms with Crippen LogP contribution >= 0.6 is 0 Å². The van der Waals surface area contributed by atoms with Crippen LogP contribution < -0.4 is 20.7 Å². The van der Waals surface area contributed by atoms with Crippen molar-refractivity contribution in [1.82, 2.24) is 9.97 Å². The Morgan fingerprint density at radius 2 is 2.13 bits per heavy atom. The molecule has 4 N–H and O–H groups in total. The van der Waals surface area contributed by atoms with Crippen molar-refractivity contribution < 1.29 is 14.6 Å². The molecule has 1 amide bonds. The molecule has 30 heavy (non-hydrogen) atoms. The van der Waals surface area contributed by atoms with E-state index < -0.39 is 12.1 Å². The predicted molar refractivity (Wildman–Crippen MR) is 114 cm³/mol. The van der Waals surface area contributed by atoms with Gasteiger partial charge in [0.25, 0.3) is 0 Å². The summed E-state index contributed by atoms with van der Waals surface area (Å²) in [5.74, 6) is 1.33. The number of aromatic nitrogens is 2. The monoisotopic (exact) mass is 411 g/mol. The normalized spacial score (nSPS) is 24.2. The van der Waals surface area contributed by atoms with E-state index in [1.165, 1.54) is 0 Å². The average Bonchev–Trinajstić information content (AvgIpc) is 3.54. The molecule has 0 saturated heterocycles. The summed E-state index contributed by atoms with van der Waals surface area (Å²) < 4.78 is 5.27. The number of carbonyl (C=O) groups excluding carboxylic acids is 1. The third kappa shape index (κ3) is 3.56. The second-order valence-electron chi connectivity index (χ2n) is 8.33. The summed E-state index contributed by atoms with van der Waals surface area (Å²) >= 11 is 0. The molecule has 2 aromatic rings. The predicted octanol–water partition coefficient (Wildman–Crippen LogP) is 2.62. The fourth-order valence-corrected chi connectivity index (χ4v) is 4.71. The number of primary amides is 1. The Hall–Kier alpha value is -2.87. The molecular formula is C22H29N5O3. The van der Waals surface area contributed by atoms with Crippen LogP contribution in [0.4, 0.5) is 11.6 Å². The zero-order chi connectivity index (χ0) is 21.6. The van der Waals surface area contributed by atoms with Gasteiger partial charge in [-0.1, -0.05) is 6.92 Å². The molecule has 1 unspecified atom stereocenters. The molecule has 2 aliphatic rings. The molecule has 160 valence electrons. The second-order valence-corrected chi connectivity index (χ2v) is 8.33. The second kappa shape index (κ2) is 7.75. The number of fused-ring (bicyclic) bond motifs is 1. The third-order valence-electron chi connectivity index (χ3n) is 6.26. The average molecular weight is 412 g/mol. The number of hydrogen-bond acceptors (Lipinski definition) is 7. The van der Waals surface area contributed by atoms with E-state index in [0.717, 1.165) is 29.8 Å². The molecule has 1 fully saturated rings. The van der Waals surface area contributed by atoms with Gasteiger partial charge in [0.05, 0.1) is 25.0 Å². The number of anilines is 2. The van der Waals surface area contributed by atoms with Crippen LogP contribution in [0.5, 0.6) is 5.75 Å². The molecule has 4 atom stereocenters. The van der Waals surface area contributed by atoms with Gasteiger partial charge in [0.1, 0.15) is 6.23 Å². The molecule has 1 aromatic carbocycles. The fourth-order valence-electron chi connectivity index (χ4n) is 4.71. The van der Waals surface area contributed by atoms with Crippen molar-refractivity contribution in [2.75, 3.05) is 17.3 Å². The lowest BCUT2D eigenvalue weighted by molar-refractivity contribution is 0.1000. The summed E-state index contributed by atoms with van der Waals surface area (Å²) in [4.78, 5) is 22.9. The van der Waals surface area contributed by atoms with Gasteiger partial charge in [-0.05, 0) is 56.4 Å². The van der Waals surface area contributed by atoms with Crippen LogP contribution in [0, 0.1) is 18.8 Å². The van der Waals surface area contributed by atoms with Gasteiger partial charge in [-0.15, -0.1) is 0 Å². The first kappa shape index (κ1) is 20.4. The fraction of sp³-hybridized carbons (Fsp3) is 0.500. The van der Waals surface area contributed by atoms with E-state index in [0.29, 0.717) is 23.2 Å². The quantitative estimate of drug-likeness (QED) is 0.669. The molecule has 0 spiro atoms. The van der Waals surface area contributed by atoms with E-state index in [1.54, 1.807) is 26.3 Å². The van der Waals surface area contributed by atoms with E-state index >= 15 is 0 Å². The molecule has 1 aliphatic carbocycles. The van der Waals surface area contributed by atoms with Gasteiger partial charge in [0, 0.05) is 23.2 Å². The van der Waals surface area contributed by atoms with Gasteiger partial charge in [0.15, 0.2) is 5.75 Å². The highest BCUT2D eigenvalue weighted by Crippen LogP contribution is 2.50. The van der Waals surface area contributed by atoms with Crippen LogP contribution in [0.2, 0.25) is 0 Å². The highest BCUT2D eigenvalue weighted by molar-refractivity contribution is 5.93. The Kier molecular flexibility index (Phi) is 5.27. The summed E-state index contributed by atoms with van der Waals surface area (Å²) in [5, 5.41) is 14.1. The summed E-state index contributed by atoms with van der Waals surface area (Å²) in [7, 11) is 1.59. The Labute approximate surface area is 176 Å². The van der Waals surface area contributed by atoms with Crippen LogP contribution in [0.1, 0.15) is 54.3 Å². The number of nitrogens with two attached hydrogens (primary N) is 1. The largest absolute Gasteiger partial charge is 0.493 e. The van der Waals surface area contributed by atoms with Gasteiger partial charge in [-0.2, -0.15) is 0 Å². The number of hydrogen-bond donors (Lipinski definition) is 3. The maximum absolute atomic E-state index is 11.8. The summed E-state index contributed by atoms with van der Waals surface area (Å²) in [6.45, 7) is 5.83. The van der Waals surface area contributed by atoms with Gasteiger partial charge in [-0.3, -0.25) is 4.79 Å². The molecule has 1 aromatic heterocycles. The minimum atomic E-state index is -0.642. The van der Waals surface area contributed by atoms with E-state index in [4.69, 9.17) is 10.5 Å². The maximum Gasteiger partial charge on any atom is 0.248 e. The summed E-state index contributed by atoms with van der Waals surface area (Å²) in [6.07, 6.45) is 3.31.